The molecule has 0 unspecified atom stereocenters. The van der Waals surface area contributed by atoms with E-state index < -0.39 is 5.60 Å². The van der Waals surface area contributed by atoms with Gasteiger partial charge in [0.15, 0.2) is 0 Å². The fraction of sp³-hybridized carbons (Fsp3) is 0.600. The number of anilines is 1. The summed E-state index contributed by atoms with van der Waals surface area (Å²) in [6.07, 6.45) is 3.54. The van der Waals surface area contributed by atoms with E-state index in [1.807, 2.05) is 20.8 Å². The highest BCUT2D eigenvalue weighted by molar-refractivity contribution is 6.29. The van der Waals surface area contributed by atoms with E-state index in [9.17, 15) is 4.79 Å². The Morgan fingerprint density at radius 3 is 2.50 bits per heavy atom. The molecule has 1 aliphatic heterocycles. The molecule has 0 N–H and O–H groups in total. The van der Waals surface area contributed by atoms with Gasteiger partial charge in [-0.3, -0.25) is 0 Å². The van der Waals surface area contributed by atoms with Crippen LogP contribution in [0.25, 0.3) is 0 Å². The van der Waals surface area contributed by atoms with Gasteiger partial charge in [-0.05, 0) is 52.2 Å². The van der Waals surface area contributed by atoms with Gasteiger partial charge in [0.1, 0.15) is 16.6 Å². The summed E-state index contributed by atoms with van der Waals surface area (Å²) in [6, 6.07) is 3.33. The molecule has 5 heteroatoms. The van der Waals surface area contributed by atoms with Crippen molar-refractivity contribution in [1.82, 2.24) is 4.98 Å². The predicted molar refractivity (Wildman–Crippen MR) is 80.5 cm³/mol. The SMILES string of the molecule is CC(C)(C)OC(=O)c1cc(Cl)nc(N2CCCCC2)c1. The van der Waals surface area contributed by atoms with E-state index in [-0.39, 0.29) is 5.97 Å². The summed E-state index contributed by atoms with van der Waals surface area (Å²) < 4.78 is 5.38. The standard InChI is InChI=1S/C15H21ClN2O2/c1-15(2,3)20-14(19)11-9-12(16)17-13(10-11)18-7-5-4-6-8-18/h9-10H,4-8H2,1-3H3. The van der Waals surface area contributed by atoms with E-state index in [2.05, 4.69) is 9.88 Å². The van der Waals surface area contributed by atoms with Crippen molar-refractivity contribution in [3.63, 3.8) is 0 Å². The first-order valence-corrected chi connectivity index (χ1v) is 7.39. The summed E-state index contributed by atoms with van der Waals surface area (Å²) in [5, 5.41) is 0.328. The first-order valence-electron chi connectivity index (χ1n) is 7.01. The third-order valence-corrected chi connectivity index (χ3v) is 3.29. The molecule has 1 saturated heterocycles. The van der Waals surface area contributed by atoms with Gasteiger partial charge in [0.25, 0.3) is 0 Å². The molecule has 0 amide bonds. The van der Waals surface area contributed by atoms with Gasteiger partial charge >= 0.3 is 5.97 Å². The zero-order valence-corrected chi connectivity index (χ0v) is 13.0. The van der Waals surface area contributed by atoms with Crippen LogP contribution in [0.4, 0.5) is 5.82 Å². The topological polar surface area (TPSA) is 42.4 Å². The Bertz CT molecular complexity index is 491. The lowest BCUT2D eigenvalue weighted by molar-refractivity contribution is 0.00694. The van der Waals surface area contributed by atoms with Gasteiger partial charge in [-0.15, -0.1) is 0 Å². The molecule has 0 spiro atoms. The molecule has 1 aromatic heterocycles. The zero-order valence-electron chi connectivity index (χ0n) is 12.3. The largest absolute Gasteiger partial charge is 0.456 e. The Labute approximate surface area is 125 Å². The number of aromatic nitrogens is 1. The summed E-state index contributed by atoms with van der Waals surface area (Å²) in [6.45, 7) is 7.46. The minimum Gasteiger partial charge on any atom is -0.456 e. The second-order valence-corrected chi connectivity index (χ2v) is 6.47. The first kappa shape index (κ1) is 15.1. The molecule has 110 valence electrons. The number of esters is 1. The van der Waals surface area contributed by atoms with Crippen molar-refractivity contribution in [1.29, 1.82) is 0 Å². The molecule has 1 aliphatic rings. The van der Waals surface area contributed by atoms with Gasteiger partial charge in [0.05, 0.1) is 5.56 Å². The summed E-state index contributed by atoms with van der Waals surface area (Å²) in [4.78, 5) is 18.6. The Morgan fingerprint density at radius 2 is 1.90 bits per heavy atom. The van der Waals surface area contributed by atoms with Crippen LogP contribution >= 0.6 is 11.6 Å². The van der Waals surface area contributed by atoms with E-state index in [1.165, 1.54) is 6.42 Å². The van der Waals surface area contributed by atoms with Crippen LogP contribution in [0.1, 0.15) is 50.4 Å². The molecule has 4 nitrogen and oxygen atoms in total. The maximum atomic E-state index is 12.1. The number of hydrogen-bond acceptors (Lipinski definition) is 4. The second kappa shape index (κ2) is 6.00. The molecule has 0 aromatic carbocycles. The number of nitrogens with zero attached hydrogens (tertiary/aromatic N) is 2. The number of hydrogen-bond donors (Lipinski definition) is 0. The molecule has 1 aromatic rings. The molecule has 2 rings (SSSR count). The van der Waals surface area contributed by atoms with Crippen LogP contribution < -0.4 is 4.90 Å². The minimum absolute atomic E-state index is 0.328. The molecule has 0 bridgehead atoms. The lowest BCUT2D eigenvalue weighted by Crippen LogP contribution is -2.30. The van der Waals surface area contributed by atoms with Crippen molar-refractivity contribution < 1.29 is 9.53 Å². The number of pyridine rings is 1. The van der Waals surface area contributed by atoms with Crippen molar-refractivity contribution in [2.75, 3.05) is 18.0 Å². The lowest BCUT2D eigenvalue weighted by atomic mass is 10.1. The van der Waals surface area contributed by atoms with Crippen LogP contribution in [0.2, 0.25) is 5.15 Å². The number of rotatable bonds is 2. The highest BCUT2D eigenvalue weighted by Crippen LogP contribution is 2.23. The van der Waals surface area contributed by atoms with E-state index >= 15 is 0 Å². The van der Waals surface area contributed by atoms with Gasteiger partial charge in [-0.2, -0.15) is 0 Å². The Morgan fingerprint density at radius 1 is 1.25 bits per heavy atom. The number of ether oxygens (including phenoxy) is 1. The fourth-order valence-corrected chi connectivity index (χ4v) is 2.43. The highest BCUT2D eigenvalue weighted by Gasteiger charge is 2.20. The lowest BCUT2D eigenvalue weighted by Gasteiger charge is -2.28. The molecular weight excluding hydrogens is 276 g/mol. The molecule has 0 aliphatic carbocycles. The second-order valence-electron chi connectivity index (χ2n) is 6.09. The minimum atomic E-state index is -0.516. The van der Waals surface area contributed by atoms with Crippen LogP contribution in [0.3, 0.4) is 0 Å². The quantitative estimate of drug-likeness (QED) is 0.617. The predicted octanol–water partition coefficient (Wildman–Crippen LogP) is 3.68. The smallest absolute Gasteiger partial charge is 0.338 e. The average Bonchev–Trinajstić information content (AvgIpc) is 2.37. The van der Waals surface area contributed by atoms with Crippen LogP contribution in [-0.4, -0.2) is 29.6 Å². The highest BCUT2D eigenvalue weighted by atomic mass is 35.5. The molecule has 0 radical (unpaired) electrons. The van der Waals surface area contributed by atoms with Crippen molar-refractivity contribution in [2.45, 2.75) is 45.6 Å². The number of carbonyl (C=O) groups is 1. The summed E-state index contributed by atoms with van der Waals surface area (Å²) in [5.74, 6) is 0.401. The average molecular weight is 297 g/mol. The van der Waals surface area contributed by atoms with Crippen molar-refractivity contribution in [3.05, 3.63) is 22.8 Å². The third-order valence-electron chi connectivity index (χ3n) is 3.10. The number of halogens is 1. The molecule has 0 saturated carbocycles. The van der Waals surface area contributed by atoms with Gasteiger partial charge in [-0.1, -0.05) is 11.6 Å². The van der Waals surface area contributed by atoms with E-state index in [1.54, 1.807) is 12.1 Å². The Balaban J connectivity index is 2.21. The van der Waals surface area contributed by atoms with Gasteiger partial charge < -0.3 is 9.64 Å². The molecule has 0 atom stereocenters. The Kier molecular flexibility index (Phi) is 4.53. The van der Waals surface area contributed by atoms with Crippen molar-refractivity contribution in [3.8, 4) is 0 Å². The van der Waals surface area contributed by atoms with E-state index in [0.29, 0.717) is 10.7 Å². The van der Waals surface area contributed by atoms with Gasteiger partial charge in [0, 0.05) is 13.1 Å². The number of carbonyl (C=O) groups excluding carboxylic acids is 1. The summed E-state index contributed by atoms with van der Waals surface area (Å²) in [5.41, 5.74) is -0.0570. The van der Waals surface area contributed by atoms with Gasteiger partial charge in [-0.25, -0.2) is 9.78 Å². The van der Waals surface area contributed by atoms with E-state index in [4.69, 9.17) is 16.3 Å². The molecule has 2 heterocycles. The van der Waals surface area contributed by atoms with E-state index in [0.717, 1.165) is 31.7 Å². The molecule has 20 heavy (non-hydrogen) atoms. The maximum absolute atomic E-state index is 12.1. The first-order chi connectivity index (χ1) is 9.35. The van der Waals surface area contributed by atoms with Crippen LogP contribution in [0.15, 0.2) is 12.1 Å². The fourth-order valence-electron chi connectivity index (χ4n) is 2.22. The van der Waals surface area contributed by atoms with Crippen molar-refractivity contribution in [2.24, 2.45) is 0 Å². The van der Waals surface area contributed by atoms with Crippen LogP contribution in [-0.2, 0) is 4.74 Å². The maximum Gasteiger partial charge on any atom is 0.338 e. The Hall–Kier alpha value is -1.29. The van der Waals surface area contributed by atoms with Crippen molar-refractivity contribution >= 4 is 23.4 Å². The molecule has 1 fully saturated rings. The molecular formula is C15H21ClN2O2. The monoisotopic (exact) mass is 296 g/mol. The normalized spacial score (nSPS) is 16.1. The third kappa shape index (κ3) is 4.10. The van der Waals surface area contributed by atoms with Gasteiger partial charge in [0.2, 0.25) is 0 Å². The van der Waals surface area contributed by atoms with Crippen LogP contribution in [0, 0.1) is 0 Å². The summed E-state index contributed by atoms with van der Waals surface area (Å²) in [7, 11) is 0. The summed E-state index contributed by atoms with van der Waals surface area (Å²) >= 11 is 6.04. The van der Waals surface area contributed by atoms with Crippen LogP contribution in [0.5, 0.6) is 0 Å². The number of piperidine rings is 1. The zero-order chi connectivity index (χ0) is 14.8.